The molecule has 8 heteroatoms. The van der Waals surface area contributed by atoms with Crippen LogP contribution in [0.15, 0.2) is 48.5 Å². The molecule has 4 rings (SSSR count). The van der Waals surface area contributed by atoms with Gasteiger partial charge in [0, 0.05) is 38.4 Å². The Balaban J connectivity index is 0.00000131. The summed E-state index contributed by atoms with van der Waals surface area (Å²) in [5.74, 6) is -0.191. The van der Waals surface area contributed by atoms with E-state index >= 15 is 0 Å². The van der Waals surface area contributed by atoms with Crippen LogP contribution in [-0.2, 0) is 0 Å². The van der Waals surface area contributed by atoms with Crippen LogP contribution >= 0.6 is 36.2 Å². The molecule has 0 saturated carbocycles. The van der Waals surface area contributed by atoms with Crippen LogP contribution in [-0.4, -0.2) is 42.6 Å². The predicted molar refractivity (Wildman–Crippen MR) is 116 cm³/mol. The number of piperazine rings is 1. The van der Waals surface area contributed by atoms with E-state index in [-0.39, 0.29) is 36.7 Å². The number of thiazole rings is 1. The molecule has 1 aromatic heterocycles. The van der Waals surface area contributed by atoms with Crippen molar-refractivity contribution in [1.82, 2.24) is 9.88 Å². The van der Waals surface area contributed by atoms with Gasteiger partial charge in [-0.1, -0.05) is 12.1 Å². The Kier molecular flexibility index (Phi) is 7.82. The molecule has 1 atom stereocenters. The summed E-state index contributed by atoms with van der Waals surface area (Å²) in [7, 11) is 0. The fourth-order valence-corrected chi connectivity index (χ4v) is 4.21. The Hall–Kier alpha value is -1.44. The van der Waals surface area contributed by atoms with E-state index in [2.05, 4.69) is 20.9 Å². The van der Waals surface area contributed by atoms with Crippen molar-refractivity contribution in [2.24, 2.45) is 5.73 Å². The Morgan fingerprint density at radius 1 is 1.00 bits per heavy atom. The number of nitrogens with two attached hydrogens (primary N) is 1. The van der Waals surface area contributed by atoms with E-state index in [9.17, 15) is 4.39 Å². The largest absolute Gasteiger partial charge is 0.369 e. The van der Waals surface area contributed by atoms with E-state index in [1.54, 1.807) is 11.3 Å². The normalized spacial score (nSPS) is 15.9. The molecule has 27 heavy (non-hydrogen) atoms. The highest BCUT2D eigenvalue weighted by molar-refractivity contribution is 7.18. The molecular weight excluding hydrogens is 406 g/mol. The lowest BCUT2D eigenvalue weighted by Crippen LogP contribution is -2.48. The first-order valence-electron chi connectivity index (χ1n) is 8.53. The summed E-state index contributed by atoms with van der Waals surface area (Å²) >= 11 is 1.68. The van der Waals surface area contributed by atoms with Crippen LogP contribution in [0, 0.1) is 5.82 Å². The number of hydrogen-bond donors (Lipinski definition) is 1. The number of rotatable bonds is 4. The second-order valence-corrected chi connectivity index (χ2v) is 7.45. The smallest absolute Gasteiger partial charge is 0.123 e. The lowest BCUT2D eigenvalue weighted by atomic mass is 10.2. The van der Waals surface area contributed by atoms with Crippen LogP contribution in [0.5, 0.6) is 0 Å². The molecule has 0 aliphatic carbocycles. The zero-order chi connectivity index (χ0) is 17.2. The summed E-state index contributed by atoms with van der Waals surface area (Å²) < 4.78 is 14.2. The van der Waals surface area contributed by atoms with Crippen molar-refractivity contribution in [1.29, 1.82) is 0 Å². The van der Waals surface area contributed by atoms with Crippen molar-refractivity contribution < 1.29 is 4.39 Å². The first-order valence-corrected chi connectivity index (χ1v) is 9.34. The van der Waals surface area contributed by atoms with Gasteiger partial charge in [-0.15, -0.1) is 36.2 Å². The zero-order valence-electron chi connectivity index (χ0n) is 14.8. The molecule has 1 aliphatic rings. The highest BCUT2D eigenvalue weighted by atomic mass is 35.5. The molecule has 0 amide bonds. The van der Waals surface area contributed by atoms with Crippen LogP contribution in [0.2, 0.25) is 0 Å². The van der Waals surface area contributed by atoms with E-state index < -0.39 is 0 Å². The molecule has 1 aliphatic heterocycles. The fourth-order valence-electron chi connectivity index (χ4n) is 3.25. The van der Waals surface area contributed by atoms with Crippen molar-refractivity contribution in [3.05, 3.63) is 59.4 Å². The molecule has 3 aromatic rings. The minimum Gasteiger partial charge on any atom is -0.369 e. The molecule has 1 unspecified atom stereocenters. The van der Waals surface area contributed by atoms with E-state index in [1.807, 2.05) is 30.3 Å². The Morgan fingerprint density at radius 3 is 2.33 bits per heavy atom. The Morgan fingerprint density at radius 2 is 1.67 bits per heavy atom. The first-order chi connectivity index (χ1) is 12.2. The van der Waals surface area contributed by atoms with Crippen molar-refractivity contribution in [3.8, 4) is 0 Å². The second kappa shape index (κ2) is 9.66. The van der Waals surface area contributed by atoms with Crippen LogP contribution in [0.3, 0.4) is 0 Å². The van der Waals surface area contributed by atoms with Crippen LogP contribution < -0.4 is 10.6 Å². The van der Waals surface area contributed by atoms with Gasteiger partial charge in [-0.25, -0.2) is 9.37 Å². The second-order valence-electron chi connectivity index (χ2n) is 6.39. The number of hydrogen-bond acceptors (Lipinski definition) is 5. The van der Waals surface area contributed by atoms with Crippen LogP contribution in [0.4, 0.5) is 10.1 Å². The maximum Gasteiger partial charge on any atom is 0.123 e. The van der Waals surface area contributed by atoms with Crippen molar-refractivity contribution >= 4 is 52.1 Å². The Bertz CT molecular complexity index is 817. The van der Waals surface area contributed by atoms with Crippen molar-refractivity contribution in [3.63, 3.8) is 0 Å². The summed E-state index contributed by atoms with van der Waals surface area (Å²) in [6.45, 7) is 4.58. The van der Waals surface area contributed by atoms with E-state index in [1.165, 1.54) is 16.8 Å². The molecule has 0 radical (unpaired) electrons. The van der Waals surface area contributed by atoms with Gasteiger partial charge in [-0.3, -0.25) is 4.90 Å². The van der Waals surface area contributed by atoms with Gasteiger partial charge in [0.25, 0.3) is 0 Å². The van der Waals surface area contributed by atoms with Crippen molar-refractivity contribution in [2.45, 2.75) is 6.04 Å². The lowest BCUT2D eigenvalue weighted by molar-refractivity contribution is 0.243. The zero-order valence-corrected chi connectivity index (χ0v) is 17.2. The number of nitrogens with zero attached hydrogens (tertiary/aromatic N) is 3. The monoisotopic (exact) mass is 428 g/mol. The average molecular weight is 429 g/mol. The third kappa shape index (κ3) is 5.09. The van der Waals surface area contributed by atoms with Gasteiger partial charge in [-0.05, 0) is 36.4 Å². The van der Waals surface area contributed by atoms with Gasteiger partial charge in [0.1, 0.15) is 10.8 Å². The van der Waals surface area contributed by atoms with Crippen LogP contribution in [0.25, 0.3) is 10.2 Å². The maximum atomic E-state index is 13.1. The first kappa shape index (κ1) is 21.9. The highest BCUT2D eigenvalue weighted by Crippen LogP contribution is 2.26. The van der Waals surface area contributed by atoms with E-state index in [0.717, 1.165) is 48.9 Å². The molecule has 1 fully saturated rings. The molecule has 2 aromatic carbocycles. The van der Waals surface area contributed by atoms with E-state index in [4.69, 9.17) is 5.73 Å². The topological polar surface area (TPSA) is 45.4 Å². The standard InChI is InChI=1S/C19H21FN4S.2ClH/c20-14-5-7-15(8-6-14)24-11-9-23(10-12-24)13-16(21)19-22-17-3-1-2-4-18(17)25-19;;/h1-8,16H,9-13,21H2;2*1H. The minimum absolute atomic E-state index is 0. The van der Waals surface area contributed by atoms with Gasteiger partial charge in [0.2, 0.25) is 0 Å². The number of benzene rings is 2. The number of halogens is 3. The van der Waals surface area contributed by atoms with E-state index in [0.29, 0.717) is 0 Å². The number of anilines is 1. The van der Waals surface area contributed by atoms with Crippen molar-refractivity contribution in [2.75, 3.05) is 37.6 Å². The summed E-state index contributed by atoms with van der Waals surface area (Å²) in [6.07, 6.45) is 0. The number of fused-ring (bicyclic) bond motifs is 1. The Labute approximate surface area is 175 Å². The van der Waals surface area contributed by atoms with Gasteiger partial charge >= 0.3 is 0 Å². The molecule has 4 nitrogen and oxygen atoms in total. The average Bonchev–Trinajstić information content (AvgIpc) is 3.07. The summed E-state index contributed by atoms with van der Waals surface area (Å²) in [5.41, 5.74) is 8.51. The maximum absolute atomic E-state index is 13.1. The minimum atomic E-state index is -0.191. The number of para-hydroxylation sites is 1. The van der Waals surface area contributed by atoms with Gasteiger partial charge in [0.15, 0.2) is 0 Å². The number of aromatic nitrogens is 1. The summed E-state index contributed by atoms with van der Waals surface area (Å²) in [5, 5.41) is 1.00. The van der Waals surface area contributed by atoms with Gasteiger partial charge in [0.05, 0.1) is 16.3 Å². The highest BCUT2D eigenvalue weighted by Gasteiger charge is 2.21. The third-order valence-electron chi connectivity index (χ3n) is 4.65. The summed E-state index contributed by atoms with van der Waals surface area (Å²) in [6, 6.07) is 14.8. The molecule has 2 heterocycles. The quantitative estimate of drug-likeness (QED) is 0.679. The lowest BCUT2D eigenvalue weighted by Gasteiger charge is -2.36. The molecule has 0 bridgehead atoms. The van der Waals surface area contributed by atoms with Gasteiger partial charge in [-0.2, -0.15) is 0 Å². The molecule has 1 saturated heterocycles. The molecule has 146 valence electrons. The SMILES string of the molecule is Cl.Cl.NC(CN1CCN(c2ccc(F)cc2)CC1)c1nc2ccccc2s1. The summed E-state index contributed by atoms with van der Waals surface area (Å²) in [4.78, 5) is 9.35. The van der Waals surface area contributed by atoms with Crippen LogP contribution in [0.1, 0.15) is 11.0 Å². The third-order valence-corrected chi connectivity index (χ3v) is 5.81. The predicted octanol–water partition coefficient (Wildman–Crippen LogP) is 4.10. The molecular formula is C19H23Cl2FN4S. The molecule has 2 N–H and O–H groups in total. The fraction of sp³-hybridized carbons (Fsp3) is 0.316. The van der Waals surface area contributed by atoms with Gasteiger partial charge < -0.3 is 10.6 Å². The molecule has 0 spiro atoms.